The van der Waals surface area contributed by atoms with Crippen LogP contribution in [0.5, 0.6) is 0 Å². The van der Waals surface area contributed by atoms with E-state index in [4.69, 9.17) is 0 Å². The lowest BCUT2D eigenvalue weighted by Crippen LogP contribution is -2.47. The predicted molar refractivity (Wildman–Crippen MR) is 59.9 cm³/mol. The molecule has 2 heterocycles. The summed E-state index contributed by atoms with van der Waals surface area (Å²) in [6, 6.07) is 0. The fourth-order valence-electron chi connectivity index (χ4n) is 2.35. The van der Waals surface area contributed by atoms with Crippen LogP contribution in [0.25, 0.3) is 0 Å². The number of Topliss-reactive ketones (excluding diaryl/α,β-unsaturated/α-hetero) is 1. The third-order valence-corrected chi connectivity index (χ3v) is 3.34. The summed E-state index contributed by atoms with van der Waals surface area (Å²) in [5.74, 6) is 0.706. The Labute approximate surface area is 91.4 Å². The van der Waals surface area contributed by atoms with Crippen LogP contribution in [0.2, 0.25) is 0 Å². The second-order valence-electron chi connectivity index (χ2n) is 4.54. The van der Waals surface area contributed by atoms with Gasteiger partial charge >= 0.3 is 0 Å². The summed E-state index contributed by atoms with van der Waals surface area (Å²) in [5.41, 5.74) is 0. The zero-order valence-electron chi connectivity index (χ0n) is 9.30. The number of carbonyl (C=O) groups is 1. The SMILES string of the molecule is O=C(CN1CCNCC1)C1CCCNC1. The van der Waals surface area contributed by atoms with Crippen molar-refractivity contribution in [3.63, 3.8) is 0 Å². The summed E-state index contributed by atoms with van der Waals surface area (Å²) in [7, 11) is 0. The number of carbonyl (C=O) groups excluding carboxylic acids is 1. The van der Waals surface area contributed by atoms with E-state index >= 15 is 0 Å². The quantitative estimate of drug-likeness (QED) is 0.658. The van der Waals surface area contributed by atoms with Crippen molar-refractivity contribution in [2.75, 3.05) is 45.8 Å². The second-order valence-corrected chi connectivity index (χ2v) is 4.54. The molecular weight excluding hydrogens is 190 g/mol. The van der Waals surface area contributed by atoms with E-state index in [9.17, 15) is 4.79 Å². The van der Waals surface area contributed by atoms with Crippen molar-refractivity contribution in [2.45, 2.75) is 12.8 Å². The van der Waals surface area contributed by atoms with Crippen molar-refractivity contribution in [3.05, 3.63) is 0 Å². The maximum Gasteiger partial charge on any atom is 0.151 e. The van der Waals surface area contributed by atoms with Gasteiger partial charge in [0.2, 0.25) is 0 Å². The number of rotatable bonds is 3. The second kappa shape index (κ2) is 5.58. The molecule has 15 heavy (non-hydrogen) atoms. The Kier molecular flexibility index (Phi) is 4.11. The van der Waals surface area contributed by atoms with Crippen molar-refractivity contribution in [3.8, 4) is 0 Å². The fourth-order valence-corrected chi connectivity index (χ4v) is 2.35. The predicted octanol–water partition coefficient (Wildman–Crippen LogP) is -0.540. The molecule has 2 fully saturated rings. The molecular formula is C11H21N3O. The molecule has 0 aliphatic carbocycles. The molecule has 0 aromatic carbocycles. The van der Waals surface area contributed by atoms with Crippen LogP contribution < -0.4 is 10.6 Å². The van der Waals surface area contributed by atoms with Crippen LogP contribution in [-0.4, -0.2) is 56.5 Å². The molecule has 4 nitrogen and oxygen atoms in total. The highest BCUT2D eigenvalue weighted by Gasteiger charge is 2.23. The zero-order chi connectivity index (χ0) is 10.5. The van der Waals surface area contributed by atoms with Gasteiger partial charge in [-0.15, -0.1) is 0 Å². The number of piperidine rings is 1. The van der Waals surface area contributed by atoms with Gasteiger partial charge in [0, 0.05) is 38.6 Å². The Hall–Kier alpha value is -0.450. The van der Waals surface area contributed by atoms with E-state index in [2.05, 4.69) is 15.5 Å². The Balaban J connectivity index is 1.74. The topological polar surface area (TPSA) is 44.4 Å². The minimum atomic E-state index is 0.272. The molecule has 2 saturated heterocycles. The van der Waals surface area contributed by atoms with Crippen molar-refractivity contribution in [1.82, 2.24) is 15.5 Å². The van der Waals surface area contributed by atoms with Gasteiger partial charge in [-0.25, -0.2) is 0 Å². The van der Waals surface area contributed by atoms with E-state index in [1.54, 1.807) is 0 Å². The molecule has 0 amide bonds. The number of hydrogen-bond donors (Lipinski definition) is 2. The highest BCUT2D eigenvalue weighted by atomic mass is 16.1. The number of hydrogen-bond acceptors (Lipinski definition) is 4. The van der Waals surface area contributed by atoms with E-state index in [0.717, 1.165) is 52.1 Å². The van der Waals surface area contributed by atoms with Gasteiger partial charge in [0.1, 0.15) is 0 Å². The van der Waals surface area contributed by atoms with Crippen LogP contribution in [0, 0.1) is 5.92 Å². The van der Waals surface area contributed by atoms with Crippen LogP contribution in [0.4, 0.5) is 0 Å². The molecule has 0 aromatic rings. The molecule has 1 atom stereocenters. The van der Waals surface area contributed by atoms with E-state index in [1.165, 1.54) is 0 Å². The van der Waals surface area contributed by atoms with Gasteiger partial charge in [-0.2, -0.15) is 0 Å². The summed E-state index contributed by atoms with van der Waals surface area (Å²) < 4.78 is 0. The Bertz CT molecular complexity index is 208. The Morgan fingerprint density at radius 3 is 2.67 bits per heavy atom. The number of piperazine rings is 1. The van der Waals surface area contributed by atoms with Crippen molar-refractivity contribution in [1.29, 1.82) is 0 Å². The molecule has 0 saturated carbocycles. The van der Waals surface area contributed by atoms with Crippen LogP contribution in [0.3, 0.4) is 0 Å². The average molecular weight is 211 g/mol. The van der Waals surface area contributed by atoms with Crippen LogP contribution in [-0.2, 0) is 4.79 Å². The smallest absolute Gasteiger partial charge is 0.151 e. The average Bonchev–Trinajstić information content (AvgIpc) is 2.31. The first-order valence-electron chi connectivity index (χ1n) is 6.03. The molecule has 4 heteroatoms. The number of nitrogens with one attached hydrogen (secondary N) is 2. The molecule has 0 spiro atoms. The molecule has 0 bridgehead atoms. The minimum Gasteiger partial charge on any atom is -0.316 e. The van der Waals surface area contributed by atoms with Gasteiger partial charge in [0.25, 0.3) is 0 Å². The number of nitrogens with zero attached hydrogens (tertiary/aromatic N) is 1. The van der Waals surface area contributed by atoms with Crippen molar-refractivity contribution in [2.24, 2.45) is 5.92 Å². The van der Waals surface area contributed by atoms with E-state index in [0.29, 0.717) is 12.3 Å². The maximum atomic E-state index is 12.0. The van der Waals surface area contributed by atoms with Gasteiger partial charge in [-0.3, -0.25) is 9.69 Å². The Morgan fingerprint density at radius 2 is 2.00 bits per heavy atom. The Morgan fingerprint density at radius 1 is 1.20 bits per heavy atom. The minimum absolute atomic E-state index is 0.272. The molecule has 2 aliphatic heterocycles. The van der Waals surface area contributed by atoms with Gasteiger partial charge in [-0.1, -0.05) is 0 Å². The molecule has 0 aromatic heterocycles. The van der Waals surface area contributed by atoms with Crippen LogP contribution >= 0.6 is 0 Å². The first kappa shape index (κ1) is 11.0. The standard InChI is InChI=1S/C11H21N3O/c15-11(10-2-1-3-13-8-10)9-14-6-4-12-5-7-14/h10,12-13H,1-9H2. The summed E-state index contributed by atoms with van der Waals surface area (Å²) >= 11 is 0. The normalized spacial score (nSPS) is 28.9. The summed E-state index contributed by atoms with van der Waals surface area (Å²) in [5, 5.41) is 6.60. The molecule has 2 N–H and O–H groups in total. The molecule has 0 radical (unpaired) electrons. The summed E-state index contributed by atoms with van der Waals surface area (Å²) in [6.45, 7) is 6.72. The zero-order valence-corrected chi connectivity index (χ0v) is 9.30. The first-order chi connectivity index (χ1) is 7.36. The van der Waals surface area contributed by atoms with Gasteiger partial charge < -0.3 is 10.6 Å². The first-order valence-corrected chi connectivity index (χ1v) is 6.03. The third-order valence-electron chi connectivity index (χ3n) is 3.34. The van der Waals surface area contributed by atoms with Crippen molar-refractivity contribution >= 4 is 5.78 Å². The van der Waals surface area contributed by atoms with E-state index < -0.39 is 0 Å². The summed E-state index contributed by atoms with van der Waals surface area (Å²) in [6.07, 6.45) is 2.23. The third kappa shape index (κ3) is 3.26. The highest BCUT2D eigenvalue weighted by molar-refractivity contribution is 5.83. The monoisotopic (exact) mass is 211 g/mol. The van der Waals surface area contributed by atoms with E-state index in [-0.39, 0.29) is 5.92 Å². The molecule has 86 valence electrons. The van der Waals surface area contributed by atoms with E-state index in [1.807, 2.05) is 0 Å². The maximum absolute atomic E-state index is 12.0. The molecule has 2 aliphatic rings. The van der Waals surface area contributed by atoms with Gasteiger partial charge in [0.15, 0.2) is 5.78 Å². The largest absolute Gasteiger partial charge is 0.316 e. The lowest BCUT2D eigenvalue weighted by atomic mass is 9.95. The highest BCUT2D eigenvalue weighted by Crippen LogP contribution is 2.11. The van der Waals surface area contributed by atoms with Crippen LogP contribution in [0.15, 0.2) is 0 Å². The fraction of sp³-hybridized carbons (Fsp3) is 0.909. The van der Waals surface area contributed by atoms with Gasteiger partial charge in [0.05, 0.1) is 6.54 Å². The number of ketones is 1. The molecule has 1 unspecified atom stereocenters. The molecule has 2 rings (SSSR count). The van der Waals surface area contributed by atoms with Crippen molar-refractivity contribution < 1.29 is 4.79 Å². The lowest BCUT2D eigenvalue weighted by molar-refractivity contribution is -0.124. The summed E-state index contributed by atoms with van der Waals surface area (Å²) in [4.78, 5) is 14.2. The van der Waals surface area contributed by atoms with Gasteiger partial charge in [-0.05, 0) is 19.4 Å². The lowest BCUT2D eigenvalue weighted by Gasteiger charge is -2.29. The van der Waals surface area contributed by atoms with Crippen LogP contribution in [0.1, 0.15) is 12.8 Å².